The van der Waals surface area contributed by atoms with Gasteiger partial charge >= 0.3 is 0 Å². The molecule has 0 aliphatic rings. The molecule has 3 heteroatoms. The minimum absolute atomic E-state index is 0.774. The molecule has 0 aliphatic carbocycles. The molecule has 2 rings (SSSR count). The Morgan fingerprint density at radius 1 is 1.33 bits per heavy atom. The predicted octanol–water partition coefficient (Wildman–Crippen LogP) is 2.56. The van der Waals surface area contributed by atoms with E-state index in [0.29, 0.717) is 0 Å². The number of aromatic nitrogens is 2. The van der Waals surface area contributed by atoms with Gasteiger partial charge in [-0.25, -0.2) is 0 Å². The normalized spacial score (nSPS) is 9.25. The highest BCUT2D eigenvalue weighted by atomic mass is 16.5. The SMILES string of the molecule is CC.Cc1onc2cccnc12. The molecular formula is C9H12N2O. The van der Waals surface area contributed by atoms with Gasteiger partial charge < -0.3 is 4.52 Å². The number of pyridine rings is 1. The van der Waals surface area contributed by atoms with Crippen molar-refractivity contribution in [3.05, 3.63) is 24.1 Å². The number of hydrogen-bond donors (Lipinski definition) is 0. The van der Waals surface area contributed by atoms with E-state index in [1.54, 1.807) is 6.20 Å². The molecule has 2 heterocycles. The molecule has 3 nitrogen and oxygen atoms in total. The van der Waals surface area contributed by atoms with Crippen molar-refractivity contribution in [3.8, 4) is 0 Å². The summed E-state index contributed by atoms with van der Waals surface area (Å²) in [6, 6.07) is 3.71. The van der Waals surface area contributed by atoms with E-state index in [9.17, 15) is 0 Å². The third-order valence-corrected chi connectivity index (χ3v) is 1.40. The van der Waals surface area contributed by atoms with Crippen LogP contribution in [0.25, 0.3) is 11.0 Å². The molecule has 0 N–H and O–H groups in total. The zero-order chi connectivity index (χ0) is 8.97. The standard InChI is InChI=1S/C7H6N2O.C2H6/c1-5-7-6(9-10-5)3-2-4-8-7;1-2/h2-4H,1H3;1-2H3. The first kappa shape index (κ1) is 8.71. The van der Waals surface area contributed by atoms with Gasteiger partial charge in [0.15, 0.2) is 5.76 Å². The van der Waals surface area contributed by atoms with E-state index in [1.807, 2.05) is 32.9 Å². The van der Waals surface area contributed by atoms with Crippen LogP contribution in [-0.4, -0.2) is 10.1 Å². The molecule has 0 fully saturated rings. The van der Waals surface area contributed by atoms with E-state index in [1.165, 1.54) is 0 Å². The van der Waals surface area contributed by atoms with E-state index in [-0.39, 0.29) is 0 Å². The van der Waals surface area contributed by atoms with Crippen LogP contribution in [0.1, 0.15) is 19.6 Å². The van der Waals surface area contributed by atoms with Gasteiger partial charge in [-0.2, -0.15) is 0 Å². The Hall–Kier alpha value is -1.38. The Kier molecular flexibility index (Phi) is 2.80. The Bertz CT molecular complexity index is 354. The summed E-state index contributed by atoms with van der Waals surface area (Å²) in [6.45, 7) is 5.85. The first-order valence-electron chi connectivity index (χ1n) is 4.05. The molecule has 64 valence electrons. The largest absolute Gasteiger partial charge is 0.359 e. The summed E-state index contributed by atoms with van der Waals surface area (Å²) in [5.74, 6) is 0.774. The summed E-state index contributed by atoms with van der Waals surface area (Å²) in [6.07, 6.45) is 1.73. The second kappa shape index (κ2) is 3.85. The molecule has 0 unspecified atom stereocenters. The van der Waals surface area contributed by atoms with Crippen molar-refractivity contribution in [1.29, 1.82) is 0 Å². The van der Waals surface area contributed by atoms with Crippen LogP contribution in [0.15, 0.2) is 22.9 Å². The van der Waals surface area contributed by atoms with Crippen LogP contribution in [0, 0.1) is 6.92 Å². The summed E-state index contributed by atoms with van der Waals surface area (Å²) in [4.78, 5) is 4.08. The van der Waals surface area contributed by atoms with Gasteiger partial charge in [0.25, 0.3) is 0 Å². The topological polar surface area (TPSA) is 38.9 Å². The number of rotatable bonds is 0. The van der Waals surface area contributed by atoms with E-state index < -0.39 is 0 Å². The monoisotopic (exact) mass is 164 g/mol. The highest BCUT2D eigenvalue weighted by Gasteiger charge is 2.01. The highest BCUT2D eigenvalue weighted by Crippen LogP contribution is 2.12. The van der Waals surface area contributed by atoms with Crippen molar-refractivity contribution in [1.82, 2.24) is 10.1 Å². The molecule has 0 saturated heterocycles. The molecule has 12 heavy (non-hydrogen) atoms. The van der Waals surface area contributed by atoms with Crippen LogP contribution in [-0.2, 0) is 0 Å². The van der Waals surface area contributed by atoms with Gasteiger partial charge in [0.05, 0.1) is 0 Å². The quantitative estimate of drug-likeness (QED) is 0.600. The lowest BCUT2D eigenvalue weighted by Crippen LogP contribution is -1.72. The first-order valence-corrected chi connectivity index (χ1v) is 4.05. The number of hydrogen-bond acceptors (Lipinski definition) is 3. The summed E-state index contributed by atoms with van der Waals surface area (Å²) in [5, 5.41) is 3.78. The van der Waals surface area contributed by atoms with Crippen LogP contribution in [0.2, 0.25) is 0 Å². The second-order valence-electron chi connectivity index (χ2n) is 2.11. The predicted molar refractivity (Wildman–Crippen MR) is 47.9 cm³/mol. The maximum Gasteiger partial charge on any atom is 0.159 e. The molecule has 0 spiro atoms. The fraction of sp³-hybridized carbons (Fsp3) is 0.333. The van der Waals surface area contributed by atoms with Gasteiger partial charge in [-0.3, -0.25) is 4.98 Å². The fourth-order valence-corrected chi connectivity index (χ4v) is 0.903. The van der Waals surface area contributed by atoms with Gasteiger partial charge in [0, 0.05) is 6.20 Å². The number of aryl methyl sites for hydroxylation is 1. The minimum Gasteiger partial charge on any atom is -0.359 e. The van der Waals surface area contributed by atoms with Crippen molar-refractivity contribution in [2.75, 3.05) is 0 Å². The van der Waals surface area contributed by atoms with Crippen LogP contribution < -0.4 is 0 Å². The average molecular weight is 164 g/mol. The average Bonchev–Trinajstić information content (AvgIpc) is 2.53. The summed E-state index contributed by atoms with van der Waals surface area (Å²) in [7, 11) is 0. The fourth-order valence-electron chi connectivity index (χ4n) is 0.903. The second-order valence-corrected chi connectivity index (χ2v) is 2.11. The number of fused-ring (bicyclic) bond motifs is 1. The Balaban J connectivity index is 0.000000336. The number of nitrogens with zero attached hydrogens (tertiary/aromatic N) is 2. The Morgan fingerprint density at radius 3 is 2.75 bits per heavy atom. The smallest absolute Gasteiger partial charge is 0.159 e. The molecule has 0 radical (unpaired) electrons. The molecule has 0 aliphatic heterocycles. The third-order valence-electron chi connectivity index (χ3n) is 1.40. The van der Waals surface area contributed by atoms with Crippen molar-refractivity contribution in [3.63, 3.8) is 0 Å². The van der Waals surface area contributed by atoms with Crippen LogP contribution in [0.4, 0.5) is 0 Å². The van der Waals surface area contributed by atoms with Crippen molar-refractivity contribution < 1.29 is 4.52 Å². The maximum absolute atomic E-state index is 4.90. The zero-order valence-electron chi connectivity index (χ0n) is 7.53. The zero-order valence-corrected chi connectivity index (χ0v) is 7.53. The van der Waals surface area contributed by atoms with Gasteiger partial charge in [-0.1, -0.05) is 19.0 Å². The van der Waals surface area contributed by atoms with Crippen LogP contribution in [0.5, 0.6) is 0 Å². The molecule has 0 bridgehead atoms. The van der Waals surface area contributed by atoms with Gasteiger partial charge in [-0.15, -0.1) is 0 Å². The molecule has 0 saturated carbocycles. The minimum atomic E-state index is 0.774. The maximum atomic E-state index is 4.90. The van der Waals surface area contributed by atoms with E-state index >= 15 is 0 Å². The molecular weight excluding hydrogens is 152 g/mol. The van der Waals surface area contributed by atoms with E-state index in [0.717, 1.165) is 16.8 Å². The molecule has 2 aromatic rings. The van der Waals surface area contributed by atoms with Crippen LogP contribution >= 0.6 is 0 Å². The molecule has 0 aromatic carbocycles. The first-order chi connectivity index (χ1) is 5.88. The van der Waals surface area contributed by atoms with Gasteiger partial charge in [-0.05, 0) is 19.1 Å². The van der Waals surface area contributed by atoms with Crippen molar-refractivity contribution in [2.45, 2.75) is 20.8 Å². The molecule has 2 aromatic heterocycles. The van der Waals surface area contributed by atoms with Crippen molar-refractivity contribution in [2.24, 2.45) is 0 Å². The Morgan fingerprint density at radius 2 is 2.08 bits per heavy atom. The molecule has 0 atom stereocenters. The highest BCUT2D eigenvalue weighted by molar-refractivity contribution is 5.74. The molecule has 0 amide bonds. The van der Waals surface area contributed by atoms with E-state index in [4.69, 9.17) is 4.52 Å². The lowest BCUT2D eigenvalue weighted by atomic mass is 10.3. The lowest BCUT2D eigenvalue weighted by Gasteiger charge is -1.81. The van der Waals surface area contributed by atoms with Crippen molar-refractivity contribution >= 4 is 11.0 Å². The van der Waals surface area contributed by atoms with Crippen LogP contribution in [0.3, 0.4) is 0 Å². The summed E-state index contributed by atoms with van der Waals surface area (Å²) in [5.41, 5.74) is 1.67. The Labute approximate surface area is 71.4 Å². The lowest BCUT2D eigenvalue weighted by molar-refractivity contribution is 0.405. The van der Waals surface area contributed by atoms with E-state index in [2.05, 4.69) is 10.1 Å². The third kappa shape index (κ3) is 1.44. The summed E-state index contributed by atoms with van der Waals surface area (Å²) < 4.78 is 4.90. The van der Waals surface area contributed by atoms with Gasteiger partial charge in [0.2, 0.25) is 0 Å². The van der Waals surface area contributed by atoms with Gasteiger partial charge in [0.1, 0.15) is 11.0 Å². The summed E-state index contributed by atoms with van der Waals surface area (Å²) >= 11 is 0.